The molecule has 1 atom stereocenters. The smallest absolute Gasteiger partial charge is 0.244 e. The number of benzene rings is 1. The Morgan fingerprint density at radius 3 is 2.48 bits per heavy atom. The molecule has 0 amide bonds. The number of likely N-dealkylation sites (tertiary alicyclic amines) is 1. The highest BCUT2D eigenvalue weighted by Crippen LogP contribution is 2.29. The maximum Gasteiger partial charge on any atom is 0.244 e. The molecule has 1 aromatic heterocycles. The van der Waals surface area contributed by atoms with Crippen molar-refractivity contribution in [2.45, 2.75) is 23.8 Å². The van der Waals surface area contributed by atoms with Gasteiger partial charge in [-0.15, -0.1) is 0 Å². The molecule has 0 spiro atoms. The second-order valence-corrected chi connectivity index (χ2v) is 8.41. The summed E-state index contributed by atoms with van der Waals surface area (Å²) in [6.07, 6.45) is 4.26. The lowest BCUT2D eigenvalue weighted by Crippen LogP contribution is -2.37. The number of aromatic nitrogens is 1. The van der Waals surface area contributed by atoms with Gasteiger partial charge in [0.15, 0.2) is 0 Å². The molecule has 1 N–H and O–H groups in total. The van der Waals surface area contributed by atoms with Gasteiger partial charge in [-0.3, -0.25) is 4.90 Å². The zero-order valence-corrected chi connectivity index (χ0v) is 16.8. The Morgan fingerprint density at radius 2 is 1.89 bits per heavy atom. The Labute approximate surface area is 160 Å². The molecule has 1 aliphatic heterocycles. The minimum absolute atomic E-state index is 0.0149. The van der Waals surface area contributed by atoms with Gasteiger partial charge >= 0.3 is 0 Å². The van der Waals surface area contributed by atoms with Gasteiger partial charge in [-0.25, -0.2) is 13.1 Å². The van der Waals surface area contributed by atoms with Crippen LogP contribution in [0.25, 0.3) is 0 Å². The third-order valence-corrected chi connectivity index (χ3v) is 6.48. The van der Waals surface area contributed by atoms with Crippen LogP contribution in [0.5, 0.6) is 11.5 Å². The number of nitrogens with one attached hydrogen (secondary N) is 1. The number of nitrogens with zero attached hydrogens (tertiary/aromatic N) is 2. The van der Waals surface area contributed by atoms with Crippen LogP contribution in [0.15, 0.2) is 41.4 Å². The normalized spacial score (nSPS) is 16.4. The summed E-state index contributed by atoms with van der Waals surface area (Å²) in [6, 6.07) is 8.77. The van der Waals surface area contributed by atoms with Crippen molar-refractivity contribution < 1.29 is 17.9 Å². The highest BCUT2D eigenvalue weighted by atomic mass is 32.2. The summed E-state index contributed by atoms with van der Waals surface area (Å²) in [4.78, 5) is 2.41. The average Bonchev–Trinajstić information content (AvgIpc) is 3.34. The fourth-order valence-electron chi connectivity index (χ4n) is 3.55. The Morgan fingerprint density at radius 1 is 1.15 bits per heavy atom. The number of sulfonamides is 1. The Balaban J connectivity index is 1.85. The van der Waals surface area contributed by atoms with Crippen molar-refractivity contribution in [3.05, 3.63) is 42.2 Å². The van der Waals surface area contributed by atoms with Crippen molar-refractivity contribution >= 4 is 10.0 Å². The largest absolute Gasteiger partial charge is 0.497 e. The molecule has 0 radical (unpaired) electrons. The molecule has 148 valence electrons. The summed E-state index contributed by atoms with van der Waals surface area (Å²) >= 11 is 0. The van der Waals surface area contributed by atoms with E-state index >= 15 is 0 Å². The molecule has 1 aromatic carbocycles. The second-order valence-electron chi connectivity index (χ2n) is 6.67. The Hall–Kier alpha value is -2.03. The molecule has 2 aromatic rings. The lowest BCUT2D eigenvalue weighted by atomic mass is 10.2. The molecular weight excluding hydrogens is 366 g/mol. The van der Waals surface area contributed by atoms with Crippen LogP contribution in [0.3, 0.4) is 0 Å². The van der Waals surface area contributed by atoms with Gasteiger partial charge < -0.3 is 14.0 Å². The van der Waals surface area contributed by atoms with Gasteiger partial charge in [0.1, 0.15) is 16.4 Å². The molecule has 27 heavy (non-hydrogen) atoms. The van der Waals surface area contributed by atoms with Crippen LogP contribution in [-0.2, 0) is 17.1 Å². The first-order valence-electron chi connectivity index (χ1n) is 9.03. The van der Waals surface area contributed by atoms with E-state index in [4.69, 9.17) is 9.47 Å². The van der Waals surface area contributed by atoms with E-state index in [9.17, 15) is 8.42 Å². The third kappa shape index (κ3) is 4.28. The number of methoxy groups -OCH3 is 2. The van der Waals surface area contributed by atoms with Crippen molar-refractivity contribution in [2.24, 2.45) is 7.05 Å². The van der Waals surface area contributed by atoms with Crippen molar-refractivity contribution in [2.75, 3.05) is 33.9 Å². The molecule has 0 bridgehead atoms. The summed E-state index contributed by atoms with van der Waals surface area (Å²) in [5.41, 5.74) is 1.09. The monoisotopic (exact) mass is 393 g/mol. The van der Waals surface area contributed by atoms with Crippen molar-refractivity contribution in [1.29, 1.82) is 0 Å². The molecule has 1 aliphatic rings. The minimum atomic E-state index is -3.76. The Bertz CT molecular complexity index is 873. The van der Waals surface area contributed by atoms with Crippen molar-refractivity contribution in [3.8, 4) is 11.5 Å². The summed E-state index contributed by atoms with van der Waals surface area (Å²) in [7, 11) is 1.19. The first-order valence-corrected chi connectivity index (χ1v) is 10.5. The minimum Gasteiger partial charge on any atom is -0.497 e. The molecular formula is C19H27N3O4S. The zero-order chi connectivity index (χ0) is 19.4. The summed E-state index contributed by atoms with van der Waals surface area (Å²) in [5, 5.41) is 0. The molecule has 1 fully saturated rings. The molecule has 1 saturated heterocycles. The van der Waals surface area contributed by atoms with Crippen molar-refractivity contribution in [1.82, 2.24) is 14.2 Å². The third-order valence-electron chi connectivity index (χ3n) is 5.03. The van der Waals surface area contributed by atoms with Gasteiger partial charge in [-0.05, 0) is 50.2 Å². The lowest BCUT2D eigenvalue weighted by molar-refractivity contribution is 0.238. The number of aryl methyl sites for hydroxylation is 1. The molecule has 8 heteroatoms. The second kappa shape index (κ2) is 8.33. The zero-order valence-electron chi connectivity index (χ0n) is 16.0. The fourth-order valence-corrected chi connectivity index (χ4v) is 4.78. The SMILES string of the molecule is COc1ccc(OC)c(S(=O)(=O)NCC(c2cccn2C)N2CCCC2)c1. The van der Waals surface area contributed by atoms with Crippen LogP contribution in [0.1, 0.15) is 24.6 Å². The standard InChI is InChI=1S/C19H27N3O4S/c1-21-10-6-7-16(21)17(22-11-4-5-12-22)14-20-27(23,24)19-13-15(25-2)8-9-18(19)26-3/h6-10,13,17,20H,4-5,11-12,14H2,1-3H3. The molecule has 2 heterocycles. The predicted molar refractivity (Wildman–Crippen MR) is 104 cm³/mol. The van der Waals surface area contributed by atoms with Gasteiger partial charge in [0, 0.05) is 31.5 Å². The number of hydrogen-bond donors (Lipinski definition) is 1. The summed E-state index contributed by atoms with van der Waals surface area (Å²) in [5.74, 6) is 0.759. The molecule has 7 nitrogen and oxygen atoms in total. The molecule has 1 unspecified atom stereocenters. The van der Waals surface area contributed by atoms with E-state index in [1.165, 1.54) is 20.3 Å². The van der Waals surface area contributed by atoms with Crippen LogP contribution >= 0.6 is 0 Å². The van der Waals surface area contributed by atoms with E-state index in [1.54, 1.807) is 12.1 Å². The predicted octanol–water partition coefficient (Wildman–Crippen LogP) is 2.16. The maximum atomic E-state index is 13.0. The van der Waals surface area contributed by atoms with E-state index in [0.717, 1.165) is 31.6 Å². The van der Waals surface area contributed by atoms with Crippen LogP contribution < -0.4 is 14.2 Å². The lowest BCUT2D eigenvalue weighted by Gasteiger charge is -2.28. The number of hydrogen-bond acceptors (Lipinski definition) is 5. The highest BCUT2D eigenvalue weighted by Gasteiger charge is 2.28. The highest BCUT2D eigenvalue weighted by molar-refractivity contribution is 7.89. The quantitative estimate of drug-likeness (QED) is 0.744. The first kappa shape index (κ1) is 19.7. The van der Waals surface area contributed by atoms with Gasteiger partial charge in [-0.1, -0.05) is 0 Å². The van der Waals surface area contributed by atoms with E-state index < -0.39 is 10.0 Å². The first-order chi connectivity index (χ1) is 13.0. The topological polar surface area (TPSA) is 72.8 Å². The maximum absolute atomic E-state index is 13.0. The van der Waals surface area contributed by atoms with E-state index in [1.807, 2.05) is 29.9 Å². The molecule has 3 rings (SSSR count). The van der Waals surface area contributed by atoms with Gasteiger partial charge in [0.2, 0.25) is 10.0 Å². The molecule has 0 aliphatic carbocycles. The van der Waals surface area contributed by atoms with Crippen LogP contribution in [-0.4, -0.2) is 51.7 Å². The Kier molecular flexibility index (Phi) is 6.08. The fraction of sp³-hybridized carbons (Fsp3) is 0.474. The van der Waals surface area contributed by atoms with E-state index in [0.29, 0.717) is 18.0 Å². The molecule has 0 saturated carbocycles. The van der Waals surface area contributed by atoms with Gasteiger partial charge in [0.05, 0.1) is 20.3 Å². The number of ether oxygens (including phenoxy) is 2. The van der Waals surface area contributed by atoms with Crippen molar-refractivity contribution in [3.63, 3.8) is 0 Å². The van der Waals surface area contributed by atoms with Crippen LogP contribution in [0, 0.1) is 0 Å². The summed E-state index contributed by atoms with van der Waals surface area (Å²) < 4.78 is 41.2. The van der Waals surface area contributed by atoms with Crippen LogP contribution in [0.2, 0.25) is 0 Å². The van der Waals surface area contributed by atoms with Gasteiger partial charge in [-0.2, -0.15) is 0 Å². The van der Waals surface area contributed by atoms with E-state index in [2.05, 4.69) is 9.62 Å². The van der Waals surface area contributed by atoms with E-state index in [-0.39, 0.29) is 10.9 Å². The average molecular weight is 394 g/mol. The van der Waals surface area contributed by atoms with Gasteiger partial charge in [0.25, 0.3) is 0 Å². The van der Waals surface area contributed by atoms with Crippen LogP contribution in [0.4, 0.5) is 0 Å². The summed E-state index contributed by atoms with van der Waals surface area (Å²) in [6.45, 7) is 2.24. The number of rotatable bonds is 8.